The summed E-state index contributed by atoms with van der Waals surface area (Å²) in [4.78, 5) is 10.8. The Bertz CT molecular complexity index is 599. The molecule has 0 aliphatic heterocycles. The van der Waals surface area contributed by atoms with E-state index in [9.17, 15) is 4.79 Å². The van der Waals surface area contributed by atoms with E-state index in [0.29, 0.717) is 12.3 Å². The van der Waals surface area contributed by atoms with E-state index >= 15 is 0 Å². The predicted octanol–water partition coefficient (Wildman–Crippen LogP) is 3.45. The fraction of sp³-hybridized carbons (Fsp3) is 0.312. The van der Waals surface area contributed by atoms with Crippen LogP contribution in [0.1, 0.15) is 46.0 Å². The summed E-state index contributed by atoms with van der Waals surface area (Å²) in [6.07, 6.45) is 0. The summed E-state index contributed by atoms with van der Waals surface area (Å²) in [5.41, 5.74) is 3.31. The normalized spacial score (nSPS) is 12.3. The van der Waals surface area contributed by atoms with Crippen molar-refractivity contribution in [2.24, 2.45) is 0 Å². The van der Waals surface area contributed by atoms with Crippen molar-refractivity contribution in [3.63, 3.8) is 0 Å². The van der Waals surface area contributed by atoms with Gasteiger partial charge in [0.15, 0.2) is 0 Å². The number of rotatable bonds is 5. The second-order valence-corrected chi connectivity index (χ2v) is 5.01. The second-order valence-electron chi connectivity index (χ2n) is 5.01. The first-order valence-corrected chi connectivity index (χ1v) is 6.60. The molecule has 0 bridgehead atoms. The minimum Gasteiger partial charge on any atom is -0.475 e. The van der Waals surface area contributed by atoms with Gasteiger partial charge >= 0.3 is 5.97 Å². The van der Waals surface area contributed by atoms with E-state index < -0.39 is 5.97 Å². The first-order valence-electron chi connectivity index (χ1n) is 6.60. The molecule has 0 saturated heterocycles. The highest BCUT2D eigenvalue weighted by atomic mass is 16.4. The van der Waals surface area contributed by atoms with Gasteiger partial charge in [-0.1, -0.05) is 29.8 Å². The van der Waals surface area contributed by atoms with Crippen LogP contribution in [0.3, 0.4) is 0 Å². The number of carboxylic acids is 1. The predicted molar refractivity (Wildman–Crippen MR) is 76.8 cm³/mol. The number of furan rings is 1. The zero-order chi connectivity index (χ0) is 14.7. The average Bonchev–Trinajstić information content (AvgIpc) is 2.78. The summed E-state index contributed by atoms with van der Waals surface area (Å²) >= 11 is 0. The number of carbonyl (C=O) groups is 1. The maximum absolute atomic E-state index is 10.8. The van der Waals surface area contributed by atoms with E-state index in [1.54, 1.807) is 13.0 Å². The highest BCUT2D eigenvalue weighted by Gasteiger charge is 2.13. The molecule has 1 heterocycles. The standard InChI is InChI=1S/C16H19NO3/c1-10-4-6-13(7-5-10)11(2)17-9-14-8-15(16(18)19)20-12(14)3/h4-8,11,17H,9H2,1-3H3,(H,18,19). The number of nitrogens with one attached hydrogen (secondary N) is 1. The lowest BCUT2D eigenvalue weighted by Gasteiger charge is -2.14. The largest absolute Gasteiger partial charge is 0.475 e. The Morgan fingerprint density at radius 2 is 1.95 bits per heavy atom. The summed E-state index contributed by atoms with van der Waals surface area (Å²) in [6.45, 7) is 6.50. The lowest BCUT2D eigenvalue weighted by molar-refractivity contribution is 0.0661. The lowest BCUT2D eigenvalue weighted by Crippen LogP contribution is -2.18. The molecule has 0 radical (unpaired) electrons. The lowest BCUT2D eigenvalue weighted by atomic mass is 10.1. The number of benzene rings is 1. The van der Waals surface area contributed by atoms with Gasteiger partial charge in [-0.15, -0.1) is 0 Å². The Balaban J connectivity index is 2.01. The molecule has 0 saturated carbocycles. The molecule has 2 aromatic rings. The van der Waals surface area contributed by atoms with Crippen LogP contribution in [0.2, 0.25) is 0 Å². The summed E-state index contributed by atoms with van der Waals surface area (Å²) in [5.74, 6) is -0.403. The van der Waals surface area contributed by atoms with Crippen LogP contribution in [0.5, 0.6) is 0 Å². The van der Waals surface area contributed by atoms with Gasteiger partial charge in [-0.25, -0.2) is 4.79 Å². The van der Waals surface area contributed by atoms with Crippen molar-refractivity contribution in [3.8, 4) is 0 Å². The first-order chi connectivity index (χ1) is 9.47. The van der Waals surface area contributed by atoms with Gasteiger partial charge in [-0.2, -0.15) is 0 Å². The van der Waals surface area contributed by atoms with E-state index in [4.69, 9.17) is 9.52 Å². The zero-order valence-corrected chi connectivity index (χ0v) is 11.9. The van der Waals surface area contributed by atoms with Crippen LogP contribution in [0, 0.1) is 13.8 Å². The third-order valence-electron chi connectivity index (χ3n) is 3.41. The molecule has 4 heteroatoms. The van der Waals surface area contributed by atoms with E-state index in [2.05, 4.69) is 43.4 Å². The summed E-state index contributed by atoms with van der Waals surface area (Å²) in [6, 6.07) is 10.1. The first kappa shape index (κ1) is 14.3. The smallest absolute Gasteiger partial charge is 0.371 e. The van der Waals surface area contributed by atoms with Gasteiger partial charge in [0.05, 0.1) is 0 Å². The van der Waals surface area contributed by atoms with Gasteiger partial charge < -0.3 is 14.8 Å². The van der Waals surface area contributed by atoms with Crippen LogP contribution < -0.4 is 5.32 Å². The molecule has 0 aliphatic rings. The highest BCUT2D eigenvalue weighted by molar-refractivity contribution is 5.84. The number of aryl methyl sites for hydroxylation is 2. The van der Waals surface area contributed by atoms with Gasteiger partial charge in [0, 0.05) is 18.2 Å². The van der Waals surface area contributed by atoms with Crippen molar-refractivity contribution in [2.45, 2.75) is 33.4 Å². The van der Waals surface area contributed by atoms with E-state index in [-0.39, 0.29) is 11.8 Å². The SMILES string of the molecule is Cc1ccc(C(C)NCc2cc(C(=O)O)oc2C)cc1. The Morgan fingerprint density at radius 1 is 1.30 bits per heavy atom. The Kier molecular flexibility index (Phi) is 4.25. The van der Waals surface area contributed by atoms with Gasteiger partial charge in [0.25, 0.3) is 0 Å². The average molecular weight is 273 g/mol. The quantitative estimate of drug-likeness (QED) is 0.876. The molecule has 2 rings (SSSR count). The molecule has 2 N–H and O–H groups in total. The van der Waals surface area contributed by atoms with Crippen molar-refractivity contribution < 1.29 is 14.3 Å². The minimum absolute atomic E-state index is 0.0118. The van der Waals surface area contributed by atoms with Gasteiger partial charge in [-0.3, -0.25) is 0 Å². The van der Waals surface area contributed by atoms with Crippen molar-refractivity contribution in [3.05, 3.63) is 58.5 Å². The Labute approximate surface area is 118 Å². The maximum atomic E-state index is 10.8. The molecule has 1 aromatic carbocycles. The molecular formula is C16H19NO3. The third-order valence-corrected chi connectivity index (χ3v) is 3.41. The molecule has 0 spiro atoms. The molecule has 4 nitrogen and oxygen atoms in total. The Morgan fingerprint density at radius 3 is 2.50 bits per heavy atom. The van der Waals surface area contributed by atoms with E-state index in [1.165, 1.54) is 11.1 Å². The molecule has 20 heavy (non-hydrogen) atoms. The van der Waals surface area contributed by atoms with E-state index in [0.717, 1.165) is 5.56 Å². The van der Waals surface area contributed by atoms with Crippen LogP contribution in [0.15, 0.2) is 34.7 Å². The van der Waals surface area contributed by atoms with Gasteiger partial charge in [0.1, 0.15) is 5.76 Å². The zero-order valence-electron chi connectivity index (χ0n) is 11.9. The monoisotopic (exact) mass is 273 g/mol. The fourth-order valence-corrected chi connectivity index (χ4v) is 2.04. The van der Waals surface area contributed by atoms with E-state index in [1.807, 2.05) is 0 Å². The summed E-state index contributed by atoms with van der Waals surface area (Å²) < 4.78 is 5.19. The fourth-order valence-electron chi connectivity index (χ4n) is 2.04. The van der Waals surface area contributed by atoms with Gasteiger partial charge in [0.2, 0.25) is 5.76 Å². The number of aromatic carboxylic acids is 1. The molecule has 106 valence electrons. The van der Waals surface area contributed by atoms with Crippen molar-refractivity contribution in [1.82, 2.24) is 5.32 Å². The van der Waals surface area contributed by atoms with Crippen LogP contribution in [-0.2, 0) is 6.54 Å². The van der Waals surface area contributed by atoms with Crippen LogP contribution in [-0.4, -0.2) is 11.1 Å². The minimum atomic E-state index is -1.04. The third kappa shape index (κ3) is 3.27. The van der Waals surface area contributed by atoms with Crippen molar-refractivity contribution in [2.75, 3.05) is 0 Å². The summed E-state index contributed by atoms with van der Waals surface area (Å²) in [5, 5.41) is 12.3. The van der Waals surface area contributed by atoms with Gasteiger partial charge in [-0.05, 0) is 32.4 Å². The maximum Gasteiger partial charge on any atom is 0.371 e. The highest BCUT2D eigenvalue weighted by Crippen LogP contribution is 2.17. The molecule has 0 amide bonds. The molecule has 1 atom stereocenters. The molecule has 1 aromatic heterocycles. The number of hydrogen-bond acceptors (Lipinski definition) is 3. The molecule has 0 fully saturated rings. The van der Waals surface area contributed by atoms with Crippen LogP contribution >= 0.6 is 0 Å². The molecule has 1 unspecified atom stereocenters. The van der Waals surface area contributed by atoms with Crippen LogP contribution in [0.4, 0.5) is 0 Å². The molecular weight excluding hydrogens is 254 g/mol. The number of carboxylic acid groups (broad SMARTS) is 1. The summed E-state index contributed by atoms with van der Waals surface area (Å²) in [7, 11) is 0. The van der Waals surface area contributed by atoms with Crippen LogP contribution in [0.25, 0.3) is 0 Å². The second kappa shape index (κ2) is 5.92. The molecule has 0 aliphatic carbocycles. The van der Waals surface area contributed by atoms with Crippen molar-refractivity contribution >= 4 is 5.97 Å². The van der Waals surface area contributed by atoms with Crippen molar-refractivity contribution in [1.29, 1.82) is 0 Å². The topological polar surface area (TPSA) is 62.5 Å². The Hall–Kier alpha value is -2.07. The number of hydrogen-bond donors (Lipinski definition) is 2.